The molecule has 1 aromatic heterocycles. The number of aryl methyl sites for hydroxylation is 1. The summed E-state index contributed by atoms with van der Waals surface area (Å²) >= 11 is 0. The van der Waals surface area contributed by atoms with Gasteiger partial charge in [-0.2, -0.15) is 0 Å². The maximum atomic E-state index is 10.9. The molecule has 0 unspecified atom stereocenters. The van der Waals surface area contributed by atoms with Gasteiger partial charge in [0.1, 0.15) is 5.82 Å². The lowest BCUT2D eigenvalue weighted by Gasteiger charge is -2.07. The summed E-state index contributed by atoms with van der Waals surface area (Å²) in [7, 11) is 0. The van der Waals surface area contributed by atoms with Crippen LogP contribution in [0.1, 0.15) is 30.0 Å². The molecule has 0 spiro atoms. The number of hydrogen-bond acceptors (Lipinski definition) is 5. The summed E-state index contributed by atoms with van der Waals surface area (Å²) in [5.41, 5.74) is 8.34. The van der Waals surface area contributed by atoms with E-state index in [-0.39, 0.29) is 5.69 Å². The number of rotatable bonds is 3. The third-order valence-corrected chi connectivity index (χ3v) is 3.43. The van der Waals surface area contributed by atoms with Crippen LogP contribution in [0.5, 0.6) is 0 Å². The third-order valence-electron chi connectivity index (χ3n) is 3.43. The first kappa shape index (κ1) is 12.5. The minimum atomic E-state index is -0.420. The van der Waals surface area contributed by atoms with E-state index in [1.165, 1.54) is 12.1 Å². The molecule has 1 saturated carbocycles. The van der Waals surface area contributed by atoms with Crippen LogP contribution in [0.3, 0.4) is 0 Å². The van der Waals surface area contributed by atoms with Crippen molar-refractivity contribution in [2.24, 2.45) is 0 Å². The highest BCUT2D eigenvalue weighted by molar-refractivity contribution is 5.65. The number of anilines is 1. The quantitative estimate of drug-likeness (QED) is 0.683. The van der Waals surface area contributed by atoms with Crippen LogP contribution in [-0.2, 0) is 0 Å². The number of nitrogen functional groups attached to an aromatic ring is 1. The molecule has 20 heavy (non-hydrogen) atoms. The molecular weight excluding hydrogens is 256 g/mol. The Bertz CT molecular complexity index is 696. The van der Waals surface area contributed by atoms with Crippen LogP contribution >= 0.6 is 0 Å². The van der Waals surface area contributed by atoms with Crippen molar-refractivity contribution < 1.29 is 4.92 Å². The smallest absolute Gasteiger partial charge is 0.270 e. The van der Waals surface area contributed by atoms with Gasteiger partial charge < -0.3 is 5.73 Å². The van der Waals surface area contributed by atoms with Gasteiger partial charge in [0.05, 0.1) is 4.92 Å². The highest BCUT2D eigenvalue weighted by atomic mass is 16.6. The number of nitrogens with two attached hydrogens (primary N) is 1. The van der Waals surface area contributed by atoms with Crippen molar-refractivity contribution in [3.8, 4) is 11.4 Å². The first-order chi connectivity index (χ1) is 9.54. The standard InChI is InChI=1S/C14H14N4O2/c1-8-2-5-10(18(19)20)6-11(8)14-16-12(9-3-4-9)7-13(15)17-14/h2,5-7,9H,3-4H2,1H3,(H2,15,16,17). The SMILES string of the molecule is Cc1ccc([N+](=O)[O-])cc1-c1nc(N)cc(C2CC2)n1. The van der Waals surface area contributed by atoms with Crippen molar-refractivity contribution in [2.45, 2.75) is 25.7 Å². The van der Waals surface area contributed by atoms with Crippen LogP contribution in [0.4, 0.5) is 11.5 Å². The van der Waals surface area contributed by atoms with E-state index in [1.807, 2.05) is 6.92 Å². The molecule has 3 rings (SSSR count). The van der Waals surface area contributed by atoms with Crippen LogP contribution in [-0.4, -0.2) is 14.9 Å². The molecule has 6 nitrogen and oxygen atoms in total. The summed E-state index contributed by atoms with van der Waals surface area (Å²) in [6, 6.07) is 6.47. The fourth-order valence-electron chi connectivity index (χ4n) is 2.16. The minimum absolute atomic E-state index is 0.0320. The lowest BCUT2D eigenvalue weighted by Crippen LogP contribution is -2.01. The second-order valence-electron chi connectivity index (χ2n) is 5.07. The maximum Gasteiger partial charge on any atom is 0.270 e. The Kier molecular flexibility index (Phi) is 2.85. The summed E-state index contributed by atoms with van der Waals surface area (Å²) < 4.78 is 0. The molecule has 2 N–H and O–H groups in total. The lowest BCUT2D eigenvalue weighted by atomic mass is 10.1. The highest BCUT2D eigenvalue weighted by Gasteiger charge is 2.26. The second-order valence-corrected chi connectivity index (χ2v) is 5.07. The van der Waals surface area contributed by atoms with Gasteiger partial charge in [-0.3, -0.25) is 10.1 Å². The molecule has 0 aliphatic heterocycles. The number of hydrogen-bond donors (Lipinski definition) is 1. The molecule has 0 atom stereocenters. The second kappa shape index (κ2) is 4.56. The van der Waals surface area contributed by atoms with Crippen LogP contribution < -0.4 is 5.73 Å². The topological polar surface area (TPSA) is 94.9 Å². The summed E-state index contributed by atoms with van der Waals surface area (Å²) in [5.74, 6) is 1.33. The fraction of sp³-hybridized carbons (Fsp3) is 0.286. The normalized spacial score (nSPS) is 14.2. The van der Waals surface area contributed by atoms with E-state index in [9.17, 15) is 10.1 Å². The Morgan fingerprint density at radius 2 is 2.05 bits per heavy atom. The monoisotopic (exact) mass is 270 g/mol. The average Bonchev–Trinajstić information content (AvgIpc) is 3.22. The zero-order valence-corrected chi connectivity index (χ0v) is 11.0. The van der Waals surface area contributed by atoms with E-state index in [4.69, 9.17) is 5.73 Å². The van der Waals surface area contributed by atoms with E-state index < -0.39 is 4.92 Å². The summed E-state index contributed by atoms with van der Waals surface area (Å²) in [4.78, 5) is 19.2. The molecule has 0 radical (unpaired) electrons. The lowest BCUT2D eigenvalue weighted by molar-refractivity contribution is -0.384. The summed E-state index contributed by atoms with van der Waals surface area (Å²) in [6.07, 6.45) is 2.23. The molecule has 1 aliphatic carbocycles. The Morgan fingerprint density at radius 1 is 1.30 bits per heavy atom. The molecule has 0 saturated heterocycles. The highest BCUT2D eigenvalue weighted by Crippen LogP contribution is 2.40. The van der Waals surface area contributed by atoms with E-state index in [1.54, 1.807) is 12.1 Å². The summed E-state index contributed by atoms with van der Waals surface area (Å²) in [6.45, 7) is 1.88. The zero-order valence-electron chi connectivity index (χ0n) is 11.0. The Labute approximate surface area is 115 Å². The number of aromatic nitrogens is 2. The molecule has 0 bridgehead atoms. The number of nitrogens with zero attached hydrogens (tertiary/aromatic N) is 3. The Morgan fingerprint density at radius 3 is 2.70 bits per heavy atom. The van der Waals surface area contributed by atoms with E-state index in [2.05, 4.69) is 9.97 Å². The van der Waals surface area contributed by atoms with Gasteiger partial charge in [-0.25, -0.2) is 9.97 Å². The van der Waals surface area contributed by atoms with Gasteiger partial charge in [-0.15, -0.1) is 0 Å². The third kappa shape index (κ3) is 2.32. The average molecular weight is 270 g/mol. The van der Waals surface area contributed by atoms with Gasteiger partial charge in [0, 0.05) is 35.4 Å². The molecule has 1 aliphatic rings. The first-order valence-electron chi connectivity index (χ1n) is 6.44. The van der Waals surface area contributed by atoms with Crippen molar-refractivity contribution in [1.29, 1.82) is 0 Å². The zero-order chi connectivity index (χ0) is 14.3. The van der Waals surface area contributed by atoms with E-state index in [0.717, 1.165) is 24.1 Å². The fourth-order valence-corrected chi connectivity index (χ4v) is 2.16. The number of nitro groups is 1. The van der Waals surface area contributed by atoms with Crippen LogP contribution in [0.2, 0.25) is 0 Å². The molecule has 1 heterocycles. The van der Waals surface area contributed by atoms with Gasteiger partial charge >= 0.3 is 0 Å². The Balaban J connectivity index is 2.12. The van der Waals surface area contributed by atoms with Crippen LogP contribution in [0, 0.1) is 17.0 Å². The molecular formula is C14H14N4O2. The predicted octanol–water partition coefficient (Wildman–Crippen LogP) is 2.82. The van der Waals surface area contributed by atoms with Gasteiger partial charge in [-0.05, 0) is 25.3 Å². The van der Waals surface area contributed by atoms with Crippen molar-refractivity contribution in [3.63, 3.8) is 0 Å². The number of benzene rings is 1. The van der Waals surface area contributed by atoms with Gasteiger partial charge in [0.25, 0.3) is 5.69 Å². The van der Waals surface area contributed by atoms with Gasteiger partial charge in [-0.1, -0.05) is 6.07 Å². The molecule has 2 aromatic rings. The van der Waals surface area contributed by atoms with Crippen LogP contribution in [0.25, 0.3) is 11.4 Å². The molecule has 102 valence electrons. The molecule has 1 fully saturated rings. The summed E-state index contributed by atoms with van der Waals surface area (Å²) in [5, 5.41) is 10.9. The van der Waals surface area contributed by atoms with Crippen molar-refractivity contribution in [2.75, 3.05) is 5.73 Å². The first-order valence-corrected chi connectivity index (χ1v) is 6.44. The van der Waals surface area contributed by atoms with Crippen molar-refractivity contribution in [1.82, 2.24) is 9.97 Å². The van der Waals surface area contributed by atoms with Crippen LogP contribution in [0.15, 0.2) is 24.3 Å². The van der Waals surface area contributed by atoms with Crippen molar-refractivity contribution in [3.05, 3.63) is 45.6 Å². The predicted molar refractivity (Wildman–Crippen MR) is 75.2 cm³/mol. The number of non-ortho nitro benzene ring substituents is 1. The van der Waals surface area contributed by atoms with Gasteiger partial charge in [0.15, 0.2) is 5.82 Å². The maximum absolute atomic E-state index is 10.9. The molecule has 0 amide bonds. The Hall–Kier alpha value is -2.50. The van der Waals surface area contributed by atoms with Crippen molar-refractivity contribution >= 4 is 11.5 Å². The molecule has 6 heteroatoms. The number of nitro benzene ring substituents is 1. The molecule has 1 aromatic carbocycles. The van der Waals surface area contributed by atoms with E-state index in [0.29, 0.717) is 23.1 Å². The van der Waals surface area contributed by atoms with Gasteiger partial charge in [0.2, 0.25) is 0 Å². The minimum Gasteiger partial charge on any atom is -0.384 e. The van der Waals surface area contributed by atoms with E-state index >= 15 is 0 Å². The largest absolute Gasteiger partial charge is 0.384 e.